The highest BCUT2D eigenvalue weighted by atomic mass is 16.5. The first-order chi connectivity index (χ1) is 10.9. The molecular weight excluding hydrogens is 296 g/mol. The molecule has 2 aliphatic heterocycles. The summed E-state index contributed by atoms with van der Waals surface area (Å²) in [6.45, 7) is 4.33. The number of esters is 1. The van der Waals surface area contributed by atoms with E-state index in [0.29, 0.717) is 17.8 Å². The van der Waals surface area contributed by atoms with Crippen LogP contribution in [0.3, 0.4) is 0 Å². The van der Waals surface area contributed by atoms with Gasteiger partial charge in [0.1, 0.15) is 0 Å². The van der Waals surface area contributed by atoms with E-state index in [9.17, 15) is 14.4 Å². The van der Waals surface area contributed by atoms with Gasteiger partial charge in [-0.05, 0) is 18.1 Å². The third-order valence-corrected chi connectivity index (χ3v) is 4.43. The molecular formula is C17H20N2O4. The quantitative estimate of drug-likeness (QED) is 0.798. The molecule has 1 aromatic rings. The lowest BCUT2D eigenvalue weighted by molar-refractivity contribution is -0.154. The van der Waals surface area contributed by atoms with Crippen LogP contribution < -0.4 is 4.90 Å². The third kappa shape index (κ3) is 2.04. The largest absolute Gasteiger partial charge is 0.466 e. The number of benzene rings is 1. The number of amides is 2. The second-order valence-corrected chi connectivity index (χ2v) is 6.36. The zero-order valence-corrected chi connectivity index (χ0v) is 13.5. The van der Waals surface area contributed by atoms with Crippen molar-refractivity contribution < 1.29 is 19.1 Å². The van der Waals surface area contributed by atoms with Gasteiger partial charge < -0.3 is 9.64 Å². The van der Waals surface area contributed by atoms with Crippen LogP contribution in [0, 0.1) is 5.92 Å². The Morgan fingerprint density at radius 2 is 2.00 bits per heavy atom. The van der Waals surface area contributed by atoms with E-state index in [-0.39, 0.29) is 30.6 Å². The lowest BCUT2D eigenvalue weighted by atomic mass is 9.95. The molecule has 0 saturated carbocycles. The Bertz CT molecular complexity index is 685. The minimum Gasteiger partial charge on any atom is -0.466 e. The number of carbonyl (C=O) groups excluding carboxylic acids is 3. The number of para-hydroxylation sites is 1. The van der Waals surface area contributed by atoms with Crippen molar-refractivity contribution in [3.63, 3.8) is 0 Å². The number of fused-ring (bicyclic) bond motifs is 3. The van der Waals surface area contributed by atoms with Crippen LogP contribution in [-0.2, 0) is 14.3 Å². The zero-order valence-electron chi connectivity index (χ0n) is 13.5. The molecule has 6 nitrogen and oxygen atoms in total. The summed E-state index contributed by atoms with van der Waals surface area (Å²) in [6.07, 6.45) is 0.469. The fraction of sp³-hybridized carbons (Fsp3) is 0.471. The predicted molar refractivity (Wildman–Crippen MR) is 83.8 cm³/mol. The Labute approximate surface area is 135 Å². The summed E-state index contributed by atoms with van der Waals surface area (Å²) in [7, 11) is 1.29. The topological polar surface area (TPSA) is 66.9 Å². The van der Waals surface area contributed by atoms with Crippen molar-refractivity contribution >= 4 is 23.5 Å². The van der Waals surface area contributed by atoms with Crippen LogP contribution >= 0.6 is 0 Å². The van der Waals surface area contributed by atoms with Gasteiger partial charge >= 0.3 is 5.97 Å². The van der Waals surface area contributed by atoms with Gasteiger partial charge in [-0.15, -0.1) is 0 Å². The molecule has 0 spiro atoms. The minimum absolute atomic E-state index is 0.156. The molecule has 2 aliphatic rings. The Morgan fingerprint density at radius 3 is 2.65 bits per heavy atom. The molecule has 1 aromatic carbocycles. The molecule has 6 heteroatoms. The van der Waals surface area contributed by atoms with Gasteiger partial charge in [-0.25, -0.2) is 4.79 Å². The van der Waals surface area contributed by atoms with Crippen molar-refractivity contribution in [3.8, 4) is 0 Å². The molecule has 2 heterocycles. The number of rotatable bonds is 3. The number of nitrogens with zero attached hydrogens (tertiary/aromatic N) is 2. The SMILES string of the molecule is COC(=O)[C@]12CCC(=O)N1c1ccccc1C(=O)N2CC(C)C. The molecule has 0 radical (unpaired) electrons. The predicted octanol–water partition coefficient (Wildman–Crippen LogP) is 1.79. The average Bonchev–Trinajstić information content (AvgIpc) is 2.89. The summed E-state index contributed by atoms with van der Waals surface area (Å²) < 4.78 is 4.99. The fourth-order valence-electron chi connectivity index (χ4n) is 3.53. The standard InChI is InChI=1S/C17H20N2O4/c1-11(2)10-18-15(21)12-6-4-5-7-13(12)19-14(20)8-9-17(18,19)16(22)23-3/h4-7,11H,8-10H2,1-3H3/t17-/m0/s1. The van der Waals surface area contributed by atoms with Gasteiger partial charge in [0.05, 0.1) is 18.4 Å². The Morgan fingerprint density at radius 1 is 1.30 bits per heavy atom. The maximum Gasteiger partial charge on any atom is 0.353 e. The molecule has 0 unspecified atom stereocenters. The lowest BCUT2D eigenvalue weighted by Gasteiger charge is -2.48. The molecule has 0 aromatic heterocycles. The maximum atomic E-state index is 13.0. The van der Waals surface area contributed by atoms with E-state index < -0.39 is 11.6 Å². The van der Waals surface area contributed by atoms with Crippen LogP contribution in [-0.4, -0.2) is 42.0 Å². The molecule has 3 rings (SSSR count). The monoisotopic (exact) mass is 316 g/mol. The number of hydrogen-bond donors (Lipinski definition) is 0. The van der Waals surface area contributed by atoms with Gasteiger partial charge in [0, 0.05) is 19.4 Å². The van der Waals surface area contributed by atoms with E-state index in [4.69, 9.17) is 4.74 Å². The molecule has 2 amide bonds. The van der Waals surface area contributed by atoms with Crippen LogP contribution in [0.1, 0.15) is 37.0 Å². The number of anilines is 1. The van der Waals surface area contributed by atoms with E-state index in [1.165, 1.54) is 16.9 Å². The van der Waals surface area contributed by atoms with E-state index in [2.05, 4.69) is 0 Å². The van der Waals surface area contributed by atoms with Gasteiger partial charge in [-0.2, -0.15) is 0 Å². The van der Waals surface area contributed by atoms with Crippen LogP contribution in [0.25, 0.3) is 0 Å². The van der Waals surface area contributed by atoms with Crippen molar-refractivity contribution in [1.29, 1.82) is 0 Å². The minimum atomic E-state index is -1.36. The van der Waals surface area contributed by atoms with Crippen molar-refractivity contribution in [1.82, 2.24) is 4.90 Å². The zero-order chi connectivity index (χ0) is 16.8. The van der Waals surface area contributed by atoms with Crippen molar-refractivity contribution in [2.24, 2.45) is 5.92 Å². The summed E-state index contributed by atoms with van der Waals surface area (Å²) in [5.74, 6) is -0.801. The van der Waals surface area contributed by atoms with Crippen molar-refractivity contribution in [3.05, 3.63) is 29.8 Å². The summed E-state index contributed by atoms with van der Waals surface area (Å²) in [6, 6.07) is 6.92. The first-order valence-electron chi connectivity index (χ1n) is 7.76. The van der Waals surface area contributed by atoms with Gasteiger partial charge in [0.15, 0.2) is 0 Å². The summed E-state index contributed by atoms with van der Waals surface area (Å²) in [4.78, 5) is 41.1. The molecule has 1 saturated heterocycles. The van der Waals surface area contributed by atoms with Gasteiger partial charge in [-0.1, -0.05) is 26.0 Å². The fourth-order valence-corrected chi connectivity index (χ4v) is 3.53. The Kier molecular flexibility index (Phi) is 3.62. The van der Waals surface area contributed by atoms with Crippen molar-refractivity contribution in [2.45, 2.75) is 32.4 Å². The molecule has 1 fully saturated rings. The van der Waals surface area contributed by atoms with Crippen molar-refractivity contribution in [2.75, 3.05) is 18.6 Å². The molecule has 0 N–H and O–H groups in total. The van der Waals surface area contributed by atoms with Gasteiger partial charge in [-0.3, -0.25) is 14.5 Å². The second kappa shape index (κ2) is 5.37. The Hall–Kier alpha value is -2.37. The highest BCUT2D eigenvalue weighted by molar-refractivity contribution is 6.15. The number of hydrogen-bond acceptors (Lipinski definition) is 4. The maximum absolute atomic E-state index is 13.0. The molecule has 0 aliphatic carbocycles. The molecule has 0 bridgehead atoms. The van der Waals surface area contributed by atoms with E-state index in [1.54, 1.807) is 24.3 Å². The summed E-state index contributed by atoms with van der Waals surface area (Å²) in [5.41, 5.74) is -0.421. The van der Waals surface area contributed by atoms with Gasteiger partial charge in [0.25, 0.3) is 5.91 Å². The number of methoxy groups -OCH3 is 1. The normalized spacial score (nSPS) is 23.1. The van der Waals surface area contributed by atoms with E-state index >= 15 is 0 Å². The second-order valence-electron chi connectivity index (χ2n) is 6.36. The molecule has 122 valence electrons. The lowest BCUT2D eigenvalue weighted by Crippen LogP contribution is -2.68. The number of carbonyl (C=O) groups is 3. The van der Waals surface area contributed by atoms with Crippen LogP contribution in [0.2, 0.25) is 0 Å². The Balaban J connectivity index is 2.25. The first kappa shape index (κ1) is 15.5. The first-order valence-corrected chi connectivity index (χ1v) is 7.76. The van der Waals surface area contributed by atoms with E-state index in [1.807, 2.05) is 13.8 Å². The number of ether oxygens (including phenoxy) is 1. The molecule has 1 atom stereocenters. The van der Waals surface area contributed by atoms with Gasteiger partial charge in [0.2, 0.25) is 11.6 Å². The highest BCUT2D eigenvalue weighted by Crippen LogP contribution is 2.45. The van der Waals surface area contributed by atoms with Crippen LogP contribution in [0.4, 0.5) is 5.69 Å². The summed E-state index contributed by atoms with van der Waals surface area (Å²) >= 11 is 0. The van der Waals surface area contributed by atoms with Crippen LogP contribution in [0.15, 0.2) is 24.3 Å². The van der Waals surface area contributed by atoms with E-state index in [0.717, 1.165) is 0 Å². The smallest absolute Gasteiger partial charge is 0.353 e. The molecule has 23 heavy (non-hydrogen) atoms. The highest BCUT2D eigenvalue weighted by Gasteiger charge is 2.61. The van der Waals surface area contributed by atoms with Crippen LogP contribution in [0.5, 0.6) is 0 Å². The average molecular weight is 316 g/mol. The third-order valence-electron chi connectivity index (χ3n) is 4.43. The summed E-state index contributed by atoms with van der Waals surface area (Å²) in [5, 5.41) is 0.